The van der Waals surface area contributed by atoms with Gasteiger partial charge in [-0.3, -0.25) is 19.7 Å². The molecule has 1 unspecified atom stereocenters. The van der Waals surface area contributed by atoms with Crippen molar-refractivity contribution in [2.24, 2.45) is 0 Å². The molecule has 2 fully saturated rings. The van der Waals surface area contributed by atoms with Crippen molar-refractivity contribution in [1.29, 1.82) is 0 Å². The zero-order valence-electron chi connectivity index (χ0n) is 14.1. The fourth-order valence-corrected chi connectivity index (χ4v) is 3.50. The number of nitrogens with zero attached hydrogens (tertiary/aromatic N) is 5. The molecule has 2 aromatic rings. The second-order valence-electron chi connectivity index (χ2n) is 6.97. The van der Waals surface area contributed by atoms with Crippen LogP contribution >= 0.6 is 0 Å². The van der Waals surface area contributed by atoms with Crippen molar-refractivity contribution in [3.63, 3.8) is 0 Å². The van der Waals surface area contributed by atoms with Crippen LogP contribution in [-0.4, -0.2) is 37.2 Å². The van der Waals surface area contributed by atoms with E-state index in [0.717, 1.165) is 43.0 Å². The number of hydrogen-bond donors (Lipinski definition) is 0. The maximum Gasteiger partial charge on any atom is 0.266 e. The quantitative estimate of drug-likeness (QED) is 0.840. The number of likely N-dealkylation sites (tertiary alicyclic amines) is 1. The van der Waals surface area contributed by atoms with Crippen molar-refractivity contribution >= 4 is 0 Å². The molecule has 6 nitrogen and oxygen atoms in total. The average Bonchev–Trinajstić information content (AvgIpc) is 3.32. The highest BCUT2D eigenvalue weighted by molar-refractivity contribution is 5.12. The summed E-state index contributed by atoms with van der Waals surface area (Å²) >= 11 is 0. The SMILES string of the molecule is Cc1cncc(CN2CCCC2Cn2nc(C3CC3)ccc2=O)n1. The molecule has 126 valence electrons. The highest BCUT2D eigenvalue weighted by atomic mass is 16.1. The summed E-state index contributed by atoms with van der Waals surface area (Å²) in [6.45, 7) is 4.46. The van der Waals surface area contributed by atoms with Crippen LogP contribution in [0.25, 0.3) is 0 Å². The summed E-state index contributed by atoms with van der Waals surface area (Å²) in [4.78, 5) is 23.4. The molecule has 24 heavy (non-hydrogen) atoms. The lowest BCUT2D eigenvalue weighted by atomic mass is 10.2. The van der Waals surface area contributed by atoms with Gasteiger partial charge in [0.2, 0.25) is 0 Å². The van der Waals surface area contributed by atoms with Gasteiger partial charge in [-0.25, -0.2) is 4.68 Å². The van der Waals surface area contributed by atoms with E-state index >= 15 is 0 Å². The van der Waals surface area contributed by atoms with E-state index < -0.39 is 0 Å². The van der Waals surface area contributed by atoms with Crippen LogP contribution in [0.4, 0.5) is 0 Å². The smallest absolute Gasteiger partial charge is 0.266 e. The monoisotopic (exact) mass is 325 g/mol. The van der Waals surface area contributed by atoms with E-state index in [1.165, 1.54) is 12.8 Å². The van der Waals surface area contributed by atoms with Gasteiger partial charge in [-0.05, 0) is 45.2 Å². The van der Waals surface area contributed by atoms with Crippen molar-refractivity contribution in [2.75, 3.05) is 6.54 Å². The normalized spacial score (nSPS) is 21.3. The molecule has 1 aliphatic carbocycles. The molecule has 0 spiro atoms. The van der Waals surface area contributed by atoms with E-state index in [1.807, 2.05) is 19.2 Å². The topological polar surface area (TPSA) is 63.9 Å². The maximum absolute atomic E-state index is 12.2. The highest BCUT2D eigenvalue weighted by Crippen LogP contribution is 2.38. The molecule has 0 amide bonds. The lowest BCUT2D eigenvalue weighted by molar-refractivity contribution is 0.213. The van der Waals surface area contributed by atoms with Crippen LogP contribution in [0.2, 0.25) is 0 Å². The van der Waals surface area contributed by atoms with Gasteiger partial charge in [0, 0.05) is 37.0 Å². The summed E-state index contributed by atoms with van der Waals surface area (Å²) in [6.07, 6.45) is 8.26. The second-order valence-corrected chi connectivity index (χ2v) is 6.97. The summed E-state index contributed by atoms with van der Waals surface area (Å²) < 4.78 is 1.67. The van der Waals surface area contributed by atoms with Crippen LogP contribution in [0, 0.1) is 6.92 Å². The van der Waals surface area contributed by atoms with Gasteiger partial charge < -0.3 is 0 Å². The predicted octanol–water partition coefficient (Wildman–Crippen LogP) is 1.88. The van der Waals surface area contributed by atoms with Gasteiger partial charge in [-0.1, -0.05) is 0 Å². The first kappa shape index (κ1) is 15.4. The van der Waals surface area contributed by atoms with E-state index in [1.54, 1.807) is 16.9 Å². The minimum atomic E-state index is 0.00148. The molecular weight excluding hydrogens is 302 g/mol. The molecule has 1 atom stereocenters. The molecule has 2 aromatic heterocycles. The molecular formula is C18H23N5O. The minimum absolute atomic E-state index is 0.00148. The molecule has 2 aliphatic rings. The van der Waals surface area contributed by atoms with Crippen molar-refractivity contribution in [2.45, 2.75) is 57.7 Å². The van der Waals surface area contributed by atoms with E-state index in [4.69, 9.17) is 0 Å². The summed E-state index contributed by atoms with van der Waals surface area (Å²) in [5.74, 6) is 0.569. The Morgan fingerprint density at radius 3 is 2.88 bits per heavy atom. The standard InChI is InChI=1S/C18H23N5O/c1-13-9-19-10-15(20-13)11-22-8-2-3-16(22)12-23-18(24)7-6-17(21-23)14-4-5-14/h6-7,9-10,14,16H,2-5,8,11-12H2,1H3. The zero-order chi connectivity index (χ0) is 16.5. The largest absolute Gasteiger partial charge is 0.293 e. The van der Waals surface area contributed by atoms with E-state index in [0.29, 0.717) is 18.5 Å². The number of aryl methyl sites for hydroxylation is 1. The first-order chi connectivity index (χ1) is 11.7. The fourth-order valence-electron chi connectivity index (χ4n) is 3.50. The Kier molecular flexibility index (Phi) is 4.14. The van der Waals surface area contributed by atoms with Gasteiger partial charge in [0.05, 0.1) is 23.6 Å². The van der Waals surface area contributed by atoms with Gasteiger partial charge in [-0.15, -0.1) is 0 Å². The summed E-state index contributed by atoms with van der Waals surface area (Å²) in [6, 6.07) is 3.91. The van der Waals surface area contributed by atoms with Gasteiger partial charge in [-0.2, -0.15) is 5.10 Å². The third-order valence-corrected chi connectivity index (χ3v) is 4.94. The van der Waals surface area contributed by atoms with Crippen LogP contribution in [0.1, 0.15) is 48.7 Å². The number of aromatic nitrogens is 4. The third kappa shape index (κ3) is 3.38. The Balaban J connectivity index is 1.49. The predicted molar refractivity (Wildman–Crippen MR) is 90.7 cm³/mol. The molecule has 0 bridgehead atoms. The van der Waals surface area contributed by atoms with Gasteiger partial charge in [0.15, 0.2) is 0 Å². The Hall–Kier alpha value is -2.08. The summed E-state index contributed by atoms with van der Waals surface area (Å²) in [5.41, 5.74) is 3.01. The minimum Gasteiger partial charge on any atom is -0.293 e. The molecule has 1 aliphatic heterocycles. The Bertz CT molecular complexity index is 783. The Morgan fingerprint density at radius 2 is 2.08 bits per heavy atom. The molecule has 6 heteroatoms. The van der Waals surface area contributed by atoms with Crippen molar-refractivity contribution in [1.82, 2.24) is 24.6 Å². The fraction of sp³-hybridized carbons (Fsp3) is 0.556. The van der Waals surface area contributed by atoms with Gasteiger partial charge in [0.1, 0.15) is 0 Å². The van der Waals surface area contributed by atoms with Gasteiger partial charge in [0.25, 0.3) is 5.56 Å². The van der Waals surface area contributed by atoms with Crippen LogP contribution in [0.3, 0.4) is 0 Å². The molecule has 1 saturated carbocycles. The average molecular weight is 325 g/mol. The van der Waals surface area contributed by atoms with Crippen LogP contribution in [0.5, 0.6) is 0 Å². The van der Waals surface area contributed by atoms with E-state index in [9.17, 15) is 4.79 Å². The Morgan fingerprint density at radius 1 is 1.21 bits per heavy atom. The van der Waals surface area contributed by atoms with E-state index in [2.05, 4.69) is 20.0 Å². The molecule has 1 saturated heterocycles. The molecule has 0 N–H and O–H groups in total. The van der Waals surface area contributed by atoms with Crippen LogP contribution < -0.4 is 5.56 Å². The third-order valence-electron chi connectivity index (χ3n) is 4.94. The van der Waals surface area contributed by atoms with Crippen LogP contribution in [0.15, 0.2) is 29.3 Å². The first-order valence-electron chi connectivity index (χ1n) is 8.79. The lowest BCUT2D eigenvalue weighted by Gasteiger charge is -2.24. The molecule has 4 rings (SSSR count). The highest BCUT2D eigenvalue weighted by Gasteiger charge is 2.28. The summed E-state index contributed by atoms with van der Waals surface area (Å²) in [7, 11) is 0. The van der Waals surface area contributed by atoms with Crippen molar-refractivity contribution in [3.05, 3.63) is 52.0 Å². The molecule has 0 aromatic carbocycles. The van der Waals surface area contributed by atoms with Crippen molar-refractivity contribution < 1.29 is 0 Å². The van der Waals surface area contributed by atoms with Crippen molar-refractivity contribution in [3.8, 4) is 0 Å². The van der Waals surface area contributed by atoms with Crippen LogP contribution in [-0.2, 0) is 13.1 Å². The maximum atomic E-state index is 12.2. The number of hydrogen-bond acceptors (Lipinski definition) is 5. The Labute approximate surface area is 141 Å². The molecule has 3 heterocycles. The number of rotatable bonds is 5. The van der Waals surface area contributed by atoms with E-state index in [-0.39, 0.29) is 5.56 Å². The van der Waals surface area contributed by atoms with Gasteiger partial charge >= 0.3 is 0 Å². The second kappa shape index (κ2) is 6.43. The molecule has 0 radical (unpaired) electrons. The first-order valence-corrected chi connectivity index (χ1v) is 8.79. The summed E-state index contributed by atoms with van der Waals surface area (Å²) in [5, 5.41) is 4.60. The lowest BCUT2D eigenvalue weighted by Crippen LogP contribution is -2.37. The zero-order valence-corrected chi connectivity index (χ0v) is 14.1.